The quantitative estimate of drug-likeness (QED) is 0.701. The van der Waals surface area contributed by atoms with Crippen molar-refractivity contribution < 1.29 is 9.47 Å². The Kier molecular flexibility index (Phi) is 4.99. The van der Waals surface area contributed by atoms with E-state index in [1.165, 1.54) is 0 Å². The summed E-state index contributed by atoms with van der Waals surface area (Å²) in [5.74, 6) is 0.555. The lowest BCUT2D eigenvalue weighted by atomic mass is 10.0. The van der Waals surface area contributed by atoms with Crippen LogP contribution in [0.4, 0.5) is 0 Å². The lowest BCUT2D eigenvalue weighted by Gasteiger charge is -2.18. The van der Waals surface area contributed by atoms with Crippen LogP contribution in [0.25, 0.3) is 22.3 Å². The standard InChI is InChI=1S/C19H22N4O3/c1-11(10-25-4)23-18-17(22-13(3)19(23)24)15(8-9-20-18)14-6-7-16(26-5)21-12(14)2/h6-9,11H,10H2,1-5H3/t11-/m1/s1. The van der Waals surface area contributed by atoms with Crippen molar-refractivity contribution in [2.75, 3.05) is 20.8 Å². The first-order valence-corrected chi connectivity index (χ1v) is 8.36. The molecule has 3 aromatic rings. The molecule has 7 nitrogen and oxygen atoms in total. The van der Waals surface area contributed by atoms with Crippen LogP contribution in [0.15, 0.2) is 29.2 Å². The molecule has 1 atom stereocenters. The predicted octanol–water partition coefficient (Wildman–Crippen LogP) is 2.69. The molecule has 3 rings (SSSR count). The second-order valence-corrected chi connectivity index (χ2v) is 6.19. The van der Waals surface area contributed by atoms with Gasteiger partial charge >= 0.3 is 0 Å². The summed E-state index contributed by atoms with van der Waals surface area (Å²) < 4.78 is 12.1. The van der Waals surface area contributed by atoms with Gasteiger partial charge in [0.1, 0.15) is 11.2 Å². The van der Waals surface area contributed by atoms with Gasteiger partial charge in [0, 0.05) is 36.2 Å². The van der Waals surface area contributed by atoms with E-state index in [1.54, 1.807) is 31.9 Å². The van der Waals surface area contributed by atoms with Crippen molar-refractivity contribution in [3.8, 4) is 17.0 Å². The number of methoxy groups -OCH3 is 2. The Balaban J connectivity index is 2.31. The molecule has 3 heterocycles. The zero-order chi connectivity index (χ0) is 18.8. The van der Waals surface area contributed by atoms with E-state index in [1.807, 2.05) is 32.0 Å². The number of nitrogens with zero attached hydrogens (tertiary/aromatic N) is 4. The van der Waals surface area contributed by atoms with E-state index in [0.717, 1.165) is 16.8 Å². The van der Waals surface area contributed by atoms with Gasteiger partial charge in [0.25, 0.3) is 5.56 Å². The van der Waals surface area contributed by atoms with Crippen LogP contribution < -0.4 is 10.3 Å². The molecule has 0 bridgehead atoms. The Morgan fingerprint density at radius 3 is 2.50 bits per heavy atom. The van der Waals surface area contributed by atoms with Crippen LogP contribution in [0.5, 0.6) is 5.88 Å². The zero-order valence-electron chi connectivity index (χ0n) is 15.6. The molecule has 0 radical (unpaired) electrons. The van der Waals surface area contributed by atoms with E-state index < -0.39 is 0 Å². The maximum atomic E-state index is 12.7. The van der Waals surface area contributed by atoms with Crippen LogP contribution in [0.2, 0.25) is 0 Å². The third-order valence-electron chi connectivity index (χ3n) is 4.35. The Morgan fingerprint density at radius 1 is 1.08 bits per heavy atom. The Hall–Kier alpha value is -2.80. The van der Waals surface area contributed by atoms with Crippen LogP contribution in [0, 0.1) is 13.8 Å². The lowest BCUT2D eigenvalue weighted by Crippen LogP contribution is -2.29. The van der Waals surface area contributed by atoms with Gasteiger partial charge < -0.3 is 9.47 Å². The normalized spacial score (nSPS) is 12.3. The fourth-order valence-corrected chi connectivity index (χ4v) is 3.09. The average molecular weight is 354 g/mol. The van der Waals surface area contributed by atoms with Gasteiger partial charge in [-0.1, -0.05) is 0 Å². The fourth-order valence-electron chi connectivity index (χ4n) is 3.09. The van der Waals surface area contributed by atoms with E-state index in [9.17, 15) is 4.79 Å². The maximum Gasteiger partial charge on any atom is 0.273 e. The average Bonchev–Trinajstić information content (AvgIpc) is 2.62. The van der Waals surface area contributed by atoms with E-state index in [2.05, 4.69) is 15.0 Å². The summed E-state index contributed by atoms with van der Waals surface area (Å²) in [5, 5.41) is 0. The first-order chi connectivity index (χ1) is 12.5. The predicted molar refractivity (Wildman–Crippen MR) is 99.6 cm³/mol. The third kappa shape index (κ3) is 3.06. The number of ether oxygens (including phenoxy) is 2. The summed E-state index contributed by atoms with van der Waals surface area (Å²) in [7, 11) is 3.20. The van der Waals surface area contributed by atoms with E-state index in [-0.39, 0.29) is 11.6 Å². The molecule has 0 amide bonds. The summed E-state index contributed by atoms with van der Waals surface area (Å²) >= 11 is 0. The number of fused-ring (bicyclic) bond motifs is 1. The highest BCUT2D eigenvalue weighted by atomic mass is 16.5. The number of aromatic nitrogens is 4. The van der Waals surface area contributed by atoms with Crippen LogP contribution in [-0.2, 0) is 4.74 Å². The van der Waals surface area contributed by atoms with Crippen LogP contribution >= 0.6 is 0 Å². The number of rotatable bonds is 5. The minimum absolute atomic E-state index is 0.156. The molecule has 26 heavy (non-hydrogen) atoms. The smallest absolute Gasteiger partial charge is 0.273 e. The third-order valence-corrected chi connectivity index (χ3v) is 4.35. The Labute approximate surface area is 151 Å². The van der Waals surface area contributed by atoms with E-state index in [0.29, 0.717) is 29.3 Å². The Morgan fingerprint density at radius 2 is 1.85 bits per heavy atom. The van der Waals surface area contributed by atoms with Crippen LogP contribution in [0.3, 0.4) is 0 Å². The SMILES string of the molecule is COC[C@@H](C)n1c(=O)c(C)nc2c(-c3ccc(OC)nc3C)ccnc21. The minimum Gasteiger partial charge on any atom is -0.481 e. The van der Waals surface area contributed by atoms with Gasteiger partial charge in [0.05, 0.1) is 19.8 Å². The monoisotopic (exact) mass is 354 g/mol. The summed E-state index contributed by atoms with van der Waals surface area (Å²) in [6.45, 7) is 5.97. The van der Waals surface area contributed by atoms with Crippen molar-refractivity contribution in [3.63, 3.8) is 0 Å². The first kappa shape index (κ1) is 18.0. The fraction of sp³-hybridized carbons (Fsp3) is 0.368. The topological polar surface area (TPSA) is 79.1 Å². The first-order valence-electron chi connectivity index (χ1n) is 8.36. The number of pyridine rings is 2. The molecule has 3 aromatic heterocycles. The molecular formula is C19H22N4O3. The number of hydrogen-bond donors (Lipinski definition) is 0. The van der Waals surface area contributed by atoms with Gasteiger partial charge in [-0.15, -0.1) is 0 Å². The van der Waals surface area contributed by atoms with Crippen molar-refractivity contribution in [2.24, 2.45) is 0 Å². The van der Waals surface area contributed by atoms with Crippen molar-refractivity contribution in [3.05, 3.63) is 46.1 Å². The summed E-state index contributed by atoms with van der Waals surface area (Å²) in [4.78, 5) is 26.1. The second kappa shape index (κ2) is 7.21. The highest BCUT2D eigenvalue weighted by molar-refractivity contribution is 5.90. The molecule has 7 heteroatoms. The molecule has 0 aliphatic rings. The van der Waals surface area contributed by atoms with Gasteiger partial charge in [-0.05, 0) is 32.9 Å². The maximum absolute atomic E-state index is 12.7. The van der Waals surface area contributed by atoms with E-state index >= 15 is 0 Å². The molecular weight excluding hydrogens is 332 g/mol. The van der Waals surface area contributed by atoms with Gasteiger partial charge in [-0.3, -0.25) is 9.36 Å². The molecule has 0 fully saturated rings. The molecule has 0 saturated carbocycles. The second-order valence-electron chi connectivity index (χ2n) is 6.19. The van der Waals surface area contributed by atoms with Crippen molar-refractivity contribution in [2.45, 2.75) is 26.8 Å². The van der Waals surface area contributed by atoms with Gasteiger partial charge in [0.15, 0.2) is 5.65 Å². The zero-order valence-corrected chi connectivity index (χ0v) is 15.6. The van der Waals surface area contributed by atoms with Crippen molar-refractivity contribution in [1.29, 1.82) is 0 Å². The van der Waals surface area contributed by atoms with Crippen molar-refractivity contribution >= 4 is 11.2 Å². The lowest BCUT2D eigenvalue weighted by molar-refractivity contribution is 0.162. The van der Waals surface area contributed by atoms with Crippen LogP contribution in [0.1, 0.15) is 24.4 Å². The highest BCUT2D eigenvalue weighted by Crippen LogP contribution is 2.29. The van der Waals surface area contributed by atoms with Crippen LogP contribution in [-0.4, -0.2) is 40.3 Å². The molecule has 0 unspecified atom stereocenters. The van der Waals surface area contributed by atoms with E-state index in [4.69, 9.17) is 9.47 Å². The largest absolute Gasteiger partial charge is 0.481 e. The van der Waals surface area contributed by atoms with Gasteiger partial charge in [-0.2, -0.15) is 0 Å². The van der Waals surface area contributed by atoms with Gasteiger partial charge in [-0.25, -0.2) is 15.0 Å². The van der Waals surface area contributed by atoms with Gasteiger partial charge in [0.2, 0.25) is 5.88 Å². The summed E-state index contributed by atoms with van der Waals surface area (Å²) in [6.07, 6.45) is 1.69. The van der Waals surface area contributed by atoms with Crippen molar-refractivity contribution in [1.82, 2.24) is 19.5 Å². The summed E-state index contributed by atoms with van der Waals surface area (Å²) in [6, 6.07) is 5.49. The highest BCUT2D eigenvalue weighted by Gasteiger charge is 2.18. The number of aryl methyl sites for hydroxylation is 2. The molecule has 136 valence electrons. The molecule has 0 saturated heterocycles. The molecule has 0 spiro atoms. The molecule has 0 aromatic carbocycles. The Bertz CT molecular complexity index is 1010. The summed E-state index contributed by atoms with van der Waals surface area (Å²) in [5.41, 5.74) is 4.10. The minimum atomic E-state index is -0.158. The molecule has 0 N–H and O–H groups in total. The number of hydrogen-bond acceptors (Lipinski definition) is 6. The molecule has 0 aliphatic carbocycles. The molecule has 0 aliphatic heterocycles.